The molecule has 1 rings (SSSR count). The summed E-state index contributed by atoms with van der Waals surface area (Å²) in [6.07, 6.45) is 6.50. The van der Waals surface area contributed by atoms with Crippen LogP contribution in [-0.2, 0) is 9.53 Å². The van der Waals surface area contributed by atoms with Crippen LogP contribution in [0.5, 0.6) is 0 Å². The van der Waals surface area contributed by atoms with E-state index < -0.39 is 18.0 Å². The van der Waals surface area contributed by atoms with Gasteiger partial charge in [-0.05, 0) is 6.42 Å². The minimum absolute atomic E-state index is 0.177. The highest BCUT2D eigenvalue weighted by Crippen LogP contribution is 2.22. The lowest BCUT2D eigenvalue weighted by Gasteiger charge is -2.22. The summed E-state index contributed by atoms with van der Waals surface area (Å²) in [5.41, 5.74) is 0. The average Bonchev–Trinajstić information content (AvgIpc) is 2.29. The van der Waals surface area contributed by atoms with Crippen LogP contribution in [0.15, 0.2) is 24.6 Å². The molecule has 1 heterocycles. The molecule has 0 fully saturated rings. The fourth-order valence-electron chi connectivity index (χ4n) is 1.60. The van der Waals surface area contributed by atoms with Gasteiger partial charge in [0.15, 0.2) is 0 Å². The summed E-state index contributed by atoms with van der Waals surface area (Å²) < 4.78 is 4.53. The monoisotopic (exact) mass is 225 g/mol. The normalized spacial score (nSPS) is 17.2. The summed E-state index contributed by atoms with van der Waals surface area (Å²) in [4.78, 5) is 23.3. The number of methoxy groups -OCH3 is 1. The zero-order valence-electron chi connectivity index (χ0n) is 9.29. The van der Waals surface area contributed by atoms with E-state index in [0.29, 0.717) is 6.42 Å². The van der Waals surface area contributed by atoms with Gasteiger partial charge in [0.2, 0.25) is 0 Å². The molecule has 0 spiro atoms. The summed E-state index contributed by atoms with van der Waals surface area (Å²) in [5, 5.41) is 8.97. The van der Waals surface area contributed by atoms with Crippen molar-refractivity contribution in [1.29, 1.82) is 0 Å². The molecule has 0 bridgehead atoms. The number of nitrogens with zero attached hydrogens (tertiary/aromatic N) is 1. The molecule has 0 aromatic heterocycles. The first-order chi connectivity index (χ1) is 7.60. The largest absolute Gasteiger partial charge is 0.481 e. The lowest BCUT2D eigenvalue weighted by Crippen LogP contribution is -2.26. The molecule has 1 amide bonds. The lowest BCUT2D eigenvalue weighted by molar-refractivity contribution is -0.142. The van der Waals surface area contributed by atoms with Crippen molar-refractivity contribution in [3.8, 4) is 0 Å². The maximum Gasteiger partial charge on any atom is 0.417 e. The summed E-state index contributed by atoms with van der Waals surface area (Å²) in [6, 6.07) is 0. The van der Waals surface area contributed by atoms with Crippen LogP contribution in [0.2, 0.25) is 0 Å². The van der Waals surface area contributed by atoms with Gasteiger partial charge in [-0.2, -0.15) is 0 Å². The van der Waals surface area contributed by atoms with Gasteiger partial charge >= 0.3 is 12.1 Å². The van der Waals surface area contributed by atoms with Crippen molar-refractivity contribution in [1.82, 2.24) is 4.90 Å². The van der Waals surface area contributed by atoms with Gasteiger partial charge in [0, 0.05) is 18.3 Å². The molecule has 1 atom stereocenters. The van der Waals surface area contributed by atoms with Gasteiger partial charge in [-0.25, -0.2) is 4.79 Å². The number of carbonyl (C=O) groups excluding carboxylic acids is 1. The van der Waals surface area contributed by atoms with Crippen LogP contribution in [0, 0.1) is 11.8 Å². The third-order valence-electron chi connectivity index (χ3n) is 2.54. The van der Waals surface area contributed by atoms with E-state index in [-0.39, 0.29) is 5.92 Å². The molecule has 1 aliphatic rings. The van der Waals surface area contributed by atoms with Crippen molar-refractivity contribution in [3.05, 3.63) is 24.6 Å². The number of carboxylic acid groups (broad SMARTS) is 1. The first-order valence-corrected chi connectivity index (χ1v) is 5.05. The second-order valence-electron chi connectivity index (χ2n) is 3.49. The fourth-order valence-corrected chi connectivity index (χ4v) is 1.60. The third-order valence-corrected chi connectivity index (χ3v) is 2.54. The van der Waals surface area contributed by atoms with Gasteiger partial charge in [-0.15, -0.1) is 0 Å². The number of allylic oxidation sites excluding steroid dienone is 2. The van der Waals surface area contributed by atoms with Gasteiger partial charge < -0.3 is 9.84 Å². The molecular formula is C11H15NO4. The van der Waals surface area contributed by atoms with Crippen molar-refractivity contribution in [3.63, 3.8) is 0 Å². The second-order valence-corrected chi connectivity index (χ2v) is 3.49. The number of ether oxygens (including phenoxy) is 1. The van der Waals surface area contributed by atoms with E-state index in [2.05, 4.69) is 4.74 Å². The summed E-state index contributed by atoms with van der Waals surface area (Å²) in [5.74, 6) is -1.45. The molecule has 5 heteroatoms. The Morgan fingerprint density at radius 3 is 2.38 bits per heavy atom. The molecule has 1 N–H and O–H groups in total. The topological polar surface area (TPSA) is 66.8 Å². The highest BCUT2D eigenvalue weighted by molar-refractivity contribution is 5.72. The van der Waals surface area contributed by atoms with Crippen molar-refractivity contribution in [2.45, 2.75) is 13.3 Å². The molecule has 0 radical (unpaired) electrons. The Labute approximate surface area is 94.0 Å². The number of carboxylic acids is 1. The van der Waals surface area contributed by atoms with Crippen molar-refractivity contribution in [2.24, 2.45) is 11.8 Å². The Bertz CT molecular complexity index is 321. The Balaban J connectivity index is 2.68. The molecule has 1 unspecified atom stereocenters. The molecule has 0 aromatic carbocycles. The second kappa shape index (κ2) is 5.34. The van der Waals surface area contributed by atoms with E-state index in [1.165, 1.54) is 24.4 Å². The van der Waals surface area contributed by atoms with Crippen LogP contribution >= 0.6 is 0 Å². The molecule has 0 aliphatic carbocycles. The lowest BCUT2D eigenvalue weighted by atomic mass is 9.89. The minimum Gasteiger partial charge on any atom is -0.481 e. The number of hydrogen-bond acceptors (Lipinski definition) is 3. The number of carbonyl (C=O) groups is 2. The molecule has 0 aromatic rings. The quantitative estimate of drug-likeness (QED) is 0.795. The standard InChI is InChI=1S/C11H15NO4/c1-3-9(10(13)14)8-4-6-12(7-5-8)11(15)16-2/h4-9H,3H2,1-2H3,(H,13,14). The van der Waals surface area contributed by atoms with Crippen LogP contribution < -0.4 is 0 Å². The third kappa shape index (κ3) is 2.62. The van der Waals surface area contributed by atoms with E-state index in [0.717, 1.165) is 0 Å². The van der Waals surface area contributed by atoms with Crippen LogP contribution in [0.25, 0.3) is 0 Å². The predicted octanol–water partition coefficient (Wildman–Crippen LogP) is 1.82. The fraction of sp³-hybridized carbons (Fsp3) is 0.455. The maximum absolute atomic E-state index is 11.1. The summed E-state index contributed by atoms with van der Waals surface area (Å²) in [7, 11) is 1.29. The van der Waals surface area contributed by atoms with Crippen LogP contribution in [0.1, 0.15) is 13.3 Å². The van der Waals surface area contributed by atoms with Gasteiger partial charge in [-0.3, -0.25) is 9.69 Å². The highest BCUT2D eigenvalue weighted by atomic mass is 16.5. The zero-order valence-corrected chi connectivity index (χ0v) is 9.29. The number of rotatable bonds is 3. The van der Waals surface area contributed by atoms with Crippen LogP contribution in [0.4, 0.5) is 4.79 Å². The molecule has 88 valence electrons. The van der Waals surface area contributed by atoms with E-state index in [1.54, 1.807) is 12.2 Å². The first kappa shape index (κ1) is 12.3. The molecular weight excluding hydrogens is 210 g/mol. The Kier molecular flexibility index (Phi) is 4.10. The summed E-state index contributed by atoms with van der Waals surface area (Å²) in [6.45, 7) is 1.83. The minimum atomic E-state index is -0.826. The van der Waals surface area contributed by atoms with Crippen LogP contribution in [-0.4, -0.2) is 29.2 Å². The molecule has 1 aliphatic heterocycles. The first-order valence-electron chi connectivity index (χ1n) is 5.05. The zero-order chi connectivity index (χ0) is 12.1. The van der Waals surface area contributed by atoms with E-state index in [4.69, 9.17) is 5.11 Å². The predicted molar refractivity (Wildman–Crippen MR) is 57.4 cm³/mol. The van der Waals surface area contributed by atoms with E-state index >= 15 is 0 Å². The molecule has 16 heavy (non-hydrogen) atoms. The van der Waals surface area contributed by atoms with E-state index in [9.17, 15) is 9.59 Å². The average molecular weight is 225 g/mol. The van der Waals surface area contributed by atoms with Crippen molar-refractivity contribution >= 4 is 12.1 Å². The summed E-state index contributed by atoms with van der Waals surface area (Å²) >= 11 is 0. The van der Waals surface area contributed by atoms with Crippen molar-refractivity contribution in [2.75, 3.05) is 7.11 Å². The molecule has 0 saturated carbocycles. The molecule has 5 nitrogen and oxygen atoms in total. The SMILES string of the molecule is CCC(C(=O)O)C1C=CN(C(=O)OC)C=C1. The Morgan fingerprint density at radius 2 is 2.00 bits per heavy atom. The highest BCUT2D eigenvalue weighted by Gasteiger charge is 2.25. The van der Waals surface area contributed by atoms with Gasteiger partial charge in [0.05, 0.1) is 13.0 Å². The Hall–Kier alpha value is -1.78. The molecule has 0 saturated heterocycles. The van der Waals surface area contributed by atoms with Crippen LogP contribution in [0.3, 0.4) is 0 Å². The van der Waals surface area contributed by atoms with E-state index in [1.807, 2.05) is 6.92 Å². The Morgan fingerprint density at radius 1 is 1.44 bits per heavy atom. The van der Waals surface area contributed by atoms with Gasteiger partial charge in [0.25, 0.3) is 0 Å². The maximum atomic E-state index is 11.1. The van der Waals surface area contributed by atoms with Crippen molar-refractivity contribution < 1.29 is 19.4 Å². The van der Waals surface area contributed by atoms with Gasteiger partial charge in [0.1, 0.15) is 0 Å². The number of hydrogen-bond donors (Lipinski definition) is 1. The number of amides is 1. The smallest absolute Gasteiger partial charge is 0.417 e. The van der Waals surface area contributed by atoms with Gasteiger partial charge in [-0.1, -0.05) is 19.1 Å². The number of aliphatic carboxylic acids is 1.